The summed E-state index contributed by atoms with van der Waals surface area (Å²) >= 11 is 0. The number of fused-ring (bicyclic) bond motifs is 2. The number of carbonyl (C=O) groups is 1. The van der Waals surface area contributed by atoms with Gasteiger partial charge < -0.3 is 20.3 Å². The molecule has 0 saturated carbocycles. The predicted molar refractivity (Wildman–Crippen MR) is 99.6 cm³/mol. The van der Waals surface area contributed by atoms with Crippen molar-refractivity contribution in [3.8, 4) is 5.75 Å². The molecule has 1 amide bonds. The molecule has 2 heterocycles. The van der Waals surface area contributed by atoms with Crippen LogP contribution < -0.4 is 15.4 Å². The molecule has 5 heteroatoms. The van der Waals surface area contributed by atoms with E-state index in [4.69, 9.17) is 4.74 Å². The second-order valence-electron chi connectivity index (χ2n) is 7.72. The zero-order chi connectivity index (χ0) is 17.6. The second-order valence-corrected chi connectivity index (χ2v) is 7.72. The highest BCUT2D eigenvalue weighted by atomic mass is 16.5. The van der Waals surface area contributed by atoms with Gasteiger partial charge in [-0.2, -0.15) is 0 Å². The average molecular weight is 345 g/mol. The zero-order valence-electron chi connectivity index (χ0n) is 15.5. The minimum Gasteiger partial charge on any atom is -0.492 e. The summed E-state index contributed by atoms with van der Waals surface area (Å²) in [6.45, 7) is 2.06. The fourth-order valence-corrected chi connectivity index (χ4v) is 4.00. The Labute approximate surface area is 151 Å². The topological polar surface area (TPSA) is 53.6 Å². The van der Waals surface area contributed by atoms with Gasteiger partial charge in [0, 0.05) is 37.2 Å². The van der Waals surface area contributed by atoms with Crippen molar-refractivity contribution in [3.63, 3.8) is 0 Å². The van der Waals surface area contributed by atoms with Crippen molar-refractivity contribution in [2.45, 2.75) is 50.7 Å². The highest BCUT2D eigenvalue weighted by molar-refractivity contribution is 5.76. The zero-order valence-corrected chi connectivity index (χ0v) is 15.5. The largest absolute Gasteiger partial charge is 0.492 e. The molecule has 0 radical (unpaired) electrons. The molecular formula is C20H31N3O2. The van der Waals surface area contributed by atoms with Crippen LogP contribution in [0.25, 0.3) is 0 Å². The summed E-state index contributed by atoms with van der Waals surface area (Å²) in [5.74, 6) is 1.56. The lowest BCUT2D eigenvalue weighted by molar-refractivity contribution is -0.122. The first kappa shape index (κ1) is 18.2. The van der Waals surface area contributed by atoms with Crippen molar-refractivity contribution in [2.24, 2.45) is 5.92 Å². The fourth-order valence-electron chi connectivity index (χ4n) is 4.00. The molecule has 2 unspecified atom stereocenters. The number of hydrogen-bond acceptors (Lipinski definition) is 4. The van der Waals surface area contributed by atoms with Gasteiger partial charge in [0.2, 0.25) is 5.91 Å². The first-order chi connectivity index (χ1) is 12.1. The SMILES string of the molecule is CN(C)CCOc1ccccc1CNC(=O)CC1CC2CCC(C1)N2. The van der Waals surface area contributed by atoms with Crippen molar-refractivity contribution >= 4 is 5.91 Å². The highest BCUT2D eigenvalue weighted by Crippen LogP contribution is 2.32. The van der Waals surface area contributed by atoms with E-state index in [1.807, 2.05) is 38.4 Å². The molecule has 1 aromatic rings. The average Bonchev–Trinajstić information content (AvgIpc) is 2.92. The Kier molecular flexibility index (Phi) is 6.32. The molecule has 25 heavy (non-hydrogen) atoms. The van der Waals surface area contributed by atoms with Gasteiger partial charge in [-0.3, -0.25) is 4.79 Å². The number of para-hydroxylation sites is 1. The second kappa shape index (κ2) is 8.68. The first-order valence-corrected chi connectivity index (χ1v) is 9.48. The predicted octanol–water partition coefficient (Wildman–Crippen LogP) is 2.16. The van der Waals surface area contributed by atoms with Crippen molar-refractivity contribution in [1.82, 2.24) is 15.5 Å². The lowest BCUT2D eigenvalue weighted by Gasteiger charge is -2.28. The number of carbonyl (C=O) groups excluding carboxylic acids is 1. The van der Waals surface area contributed by atoms with Crippen molar-refractivity contribution in [2.75, 3.05) is 27.2 Å². The van der Waals surface area contributed by atoms with Gasteiger partial charge in [-0.05, 0) is 51.8 Å². The number of ether oxygens (including phenoxy) is 1. The molecule has 138 valence electrons. The van der Waals surface area contributed by atoms with Gasteiger partial charge in [0.05, 0.1) is 0 Å². The summed E-state index contributed by atoms with van der Waals surface area (Å²) in [5.41, 5.74) is 1.04. The number of hydrogen-bond donors (Lipinski definition) is 2. The van der Waals surface area contributed by atoms with Gasteiger partial charge >= 0.3 is 0 Å². The molecule has 2 atom stereocenters. The lowest BCUT2D eigenvalue weighted by Crippen LogP contribution is -2.39. The minimum absolute atomic E-state index is 0.161. The number of benzene rings is 1. The maximum absolute atomic E-state index is 12.4. The summed E-state index contributed by atoms with van der Waals surface area (Å²) in [7, 11) is 4.06. The standard InChI is InChI=1S/C20H31N3O2/c1-23(2)9-10-25-19-6-4-3-5-16(19)14-21-20(24)13-15-11-17-7-8-18(12-15)22-17/h3-6,15,17-18,22H,7-14H2,1-2H3,(H,21,24). The van der Waals surface area contributed by atoms with Gasteiger partial charge in [-0.25, -0.2) is 0 Å². The van der Waals surface area contributed by atoms with Crippen LogP contribution in [0.4, 0.5) is 0 Å². The molecule has 3 rings (SSSR count). The van der Waals surface area contributed by atoms with E-state index in [9.17, 15) is 4.79 Å². The van der Waals surface area contributed by atoms with Crippen molar-refractivity contribution in [1.29, 1.82) is 0 Å². The summed E-state index contributed by atoms with van der Waals surface area (Å²) in [6.07, 6.45) is 5.50. The quantitative estimate of drug-likeness (QED) is 0.758. The maximum atomic E-state index is 12.4. The smallest absolute Gasteiger partial charge is 0.220 e. The monoisotopic (exact) mass is 345 g/mol. The van der Waals surface area contributed by atoms with Crippen molar-refractivity contribution in [3.05, 3.63) is 29.8 Å². The number of nitrogens with one attached hydrogen (secondary N) is 2. The van der Waals surface area contributed by atoms with Crippen LogP contribution in [0.15, 0.2) is 24.3 Å². The third-order valence-electron chi connectivity index (χ3n) is 5.29. The van der Waals surface area contributed by atoms with Crippen LogP contribution in [0.3, 0.4) is 0 Å². The van der Waals surface area contributed by atoms with E-state index in [0.717, 1.165) is 30.7 Å². The molecule has 0 spiro atoms. The molecule has 2 aliphatic rings. The van der Waals surface area contributed by atoms with E-state index in [0.29, 0.717) is 37.6 Å². The molecular weight excluding hydrogens is 314 g/mol. The molecule has 0 aromatic heterocycles. The molecule has 5 nitrogen and oxygen atoms in total. The maximum Gasteiger partial charge on any atom is 0.220 e. The Morgan fingerprint density at radius 2 is 1.96 bits per heavy atom. The molecule has 2 N–H and O–H groups in total. The van der Waals surface area contributed by atoms with E-state index in [1.54, 1.807) is 0 Å². The molecule has 0 aliphatic carbocycles. The summed E-state index contributed by atoms with van der Waals surface area (Å²) < 4.78 is 5.87. The van der Waals surface area contributed by atoms with Crippen LogP contribution in [0, 0.1) is 5.92 Å². The Bertz CT molecular complexity index is 564. The number of rotatable bonds is 8. The van der Waals surface area contributed by atoms with Crippen LogP contribution in [-0.2, 0) is 11.3 Å². The number of piperidine rings is 1. The van der Waals surface area contributed by atoms with E-state index in [2.05, 4.69) is 15.5 Å². The molecule has 2 bridgehead atoms. The Morgan fingerprint density at radius 1 is 1.24 bits per heavy atom. The van der Waals surface area contributed by atoms with E-state index in [-0.39, 0.29) is 5.91 Å². The first-order valence-electron chi connectivity index (χ1n) is 9.48. The van der Waals surface area contributed by atoms with Crippen LogP contribution in [-0.4, -0.2) is 50.1 Å². The van der Waals surface area contributed by atoms with E-state index in [1.165, 1.54) is 12.8 Å². The van der Waals surface area contributed by atoms with Crippen LogP contribution in [0.1, 0.15) is 37.7 Å². The van der Waals surface area contributed by atoms with Crippen LogP contribution in [0.2, 0.25) is 0 Å². The van der Waals surface area contributed by atoms with E-state index < -0.39 is 0 Å². The summed E-state index contributed by atoms with van der Waals surface area (Å²) in [5, 5.41) is 6.72. The van der Waals surface area contributed by atoms with Gasteiger partial charge in [0.1, 0.15) is 12.4 Å². The summed E-state index contributed by atoms with van der Waals surface area (Å²) in [4.78, 5) is 14.4. The summed E-state index contributed by atoms with van der Waals surface area (Å²) in [6, 6.07) is 9.24. The lowest BCUT2D eigenvalue weighted by atomic mass is 9.89. The van der Waals surface area contributed by atoms with E-state index >= 15 is 0 Å². The Hall–Kier alpha value is -1.59. The van der Waals surface area contributed by atoms with Crippen LogP contribution >= 0.6 is 0 Å². The Morgan fingerprint density at radius 3 is 2.68 bits per heavy atom. The number of nitrogens with zero attached hydrogens (tertiary/aromatic N) is 1. The van der Waals surface area contributed by atoms with Crippen LogP contribution in [0.5, 0.6) is 5.75 Å². The Balaban J connectivity index is 1.45. The fraction of sp³-hybridized carbons (Fsp3) is 0.650. The third kappa shape index (κ3) is 5.44. The minimum atomic E-state index is 0.161. The van der Waals surface area contributed by atoms with Crippen molar-refractivity contribution < 1.29 is 9.53 Å². The molecule has 2 aliphatic heterocycles. The van der Waals surface area contributed by atoms with Gasteiger partial charge in [0.15, 0.2) is 0 Å². The third-order valence-corrected chi connectivity index (χ3v) is 5.29. The number of likely N-dealkylation sites (N-methyl/N-ethyl adjacent to an activating group) is 1. The normalized spacial score (nSPS) is 25.2. The van der Waals surface area contributed by atoms with Gasteiger partial charge in [0.25, 0.3) is 0 Å². The molecule has 2 fully saturated rings. The van der Waals surface area contributed by atoms with Gasteiger partial charge in [-0.1, -0.05) is 18.2 Å². The molecule has 1 aromatic carbocycles. The van der Waals surface area contributed by atoms with Gasteiger partial charge in [-0.15, -0.1) is 0 Å². The number of amides is 1. The molecule has 2 saturated heterocycles. The highest BCUT2D eigenvalue weighted by Gasteiger charge is 2.34.